The Kier molecular flexibility index (Phi) is 11.4. The zero-order valence-electron chi connectivity index (χ0n) is 22.9. The SMILES string of the molecule is COc1cc2c(c(O)c1OCC=C(C)CCC=C(C)CCC=C(C)C)CN([C@@H](CCC(=O)O)C(=O)O)C2=O. The average Bonchev–Trinajstić information content (AvgIpc) is 3.16. The van der Waals surface area contributed by atoms with Gasteiger partial charge in [0.1, 0.15) is 12.6 Å². The predicted molar refractivity (Wildman–Crippen MR) is 144 cm³/mol. The minimum absolute atomic E-state index is 0.0670. The highest BCUT2D eigenvalue weighted by Crippen LogP contribution is 2.45. The minimum atomic E-state index is -1.34. The fourth-order valence-corrected chi connectivity index (χ4v) is 4.23. The molecule has 0 bridgehead atoms. The second kappa shape index (κ2) is 14.3. The van der Waals surface area contributed by atoms with E-state index in [0.29, 0.717) is 0 Å². The van der Waals surface area contributed by atoms with Crippen LogP contribution in [0.25, 0.3) is 0 Å². The predicted octanol–water partition coefficient (Wildman–Crippen LogP) is 5.47. The van der Waals surface area contributed by atoms with E-state index >= 15 is 0 Å². The topological polar surface area (TPSA) is 134 Å². The Morgan fingerprint density at radius 1 is 1.03 bits per heavy atom. The van der Waals surface area contributed by atoms with Crippen molar-refractivity contribution in [1.29, 1.82) is 0 Å². The summed E-state index contributed by atoms with van der Waals surface area (Å²) in [5.74, 6) is -3.16. The third-order valence-electron chi connectivity index (χ3n) is 6.44. The van der Waals surface area contributed by atoms with Crippen LogP contribution in [0.3, 0.4) is 0 Å². The Morgan fingerprint density at radius 3 is 2.24 bits per heavy atom. The van der Waals surface area contributed by atoms with Crippen LogP contribution < -0.4 is 9.47 Å². The maximum atomic E-state index is 12.9. The Labute approximate surface area is 224 Å². The molecular weight excluding hydrogens is 490 g/mol. The van der Waals surface area contributed by atoms with Gasteiger partial charge in [-0.2, -0.15) is 0 Å². The zero-order valence-corrected chi connectivity index (χ0v) is 22.9. The third kappa shape index (κ3) is 8.39. The number of carbonyl (C=O) groups is 3. The molecule has 208 valence electrons. The number of amides is 1. The molecule has 1 aromatic carbocycles. The van der Waals surface area contributed by atoms with Crippen LogP contribution in [0.4, 0.5) is 0 Å². The fourth-order valence-electron chi connectivity index (χ4n) is 4.23. The van der Waals surface area contributed by atoms with E-state index in [1.54, 1.807) is 0 Å². The van der Waals surface area contributed by atoms with Crippen LogP contribution >= 0.6 is 0 Å². The van der Waals surface area contributed by atoms with Crippen molar-refractivity contribution in [3.05, 3.63) is 52.1 Å². The number of aliphatic carboxylic acids is 2. The van der Waals surface area contributed by atoms with E-state index in [-0.39, 0.29) is 47.9 Å². The molecule has 38 heavy (non-hydrogen) atoms. The van der Waals surface area contributed by atoms with E-state index < -0.39 is 30.3 Å². The summed E-state index contributed by atoms with van der Waals surface area (Å²) >= 11 is 0. The number of carboxylic acid groups (broad SMARTS) is 2. The number of methoxy groups -OCH3 is 1. The van der Waals surface area contributed by atoms with Crippen LogP contribution in [0.5, 0.6) is 17.2 Å². The van der Waals surface area contributed by atoms with E-state index in [9.17, 15) is 24.6 Å². The van der Waals surface area contributed by atoms with E-state index in [1.165, 1.54) is 24.3 Å². The molecular formula is C29H39NO8. The Balaban J connectivity index is 2.08. The second-order valence-electron chi connectivity index (χ2n) is 9.77. The van der Waals surface area contributed by atoms with Gasteiger partial charge in [0, 0.05) is 12.0 Å². The monoisotopic (exact) mass is 529 g/mol. The quantitative estimate of drug-likeness (QED) is 0.255. The number of carboxylic acids is 2. The summed E-state index contributed by atoms with van der Waals surface area (Å²) in [4.78, 5) is 36.7. The molecule has 9 heteroatoms. The number of rotatable bonds is 15. The van der Waals surface area contributed by atoms with Crippen molar-refractivity contribution in [2.75, 3.05) is 13.7 Å². The van der Waals surface area contributed by atoms with Gasteiger partial charge in [-0.05, 0) is 71.9 Å². The van der Waals surface area contributed by atoms with Crippen LogP contribution in [-0.4, -0.2) is 57.8 Å². The summed E-state index contributed by atoms with van der Waals surface area (Å²) in [7, 11) is 1.38. The van der Waals surface area contributed by atoms with Crippen molar-refractivity contribution in [3.8, 4) is 17.2 Å². The van der Waals surface area contributed by atoms with Crippen molar-refractivity contribution in [2.24, 2.45) is 0 Å². The third-order valence-corrected chi connectivity index (χ3v) is 6.44. The van der Waals surface area contributed by atoms with Gasteiger partial charge < -0.3 is 29.7 Å². The lowest BCUT2D eigenvalue weighted by Gasteiger charge is -2.23. The molecule has 0 aromatic heterocycles. The van der Waals surface area contributed by atoms with Gasteiger partial charge in [-0.3, -0.25) is 9.59 Å². The number of phenolic OH excluding ortho intramolecular Hbond substituents is 1. The Bertz CT molecular complexity index is 1130. The lowest BCUT2D eigenvalue weighted by molar-refractivity contribution is -0.143. The number of allylic oxidation sites excluding steroid dienone is 5. The number of carbonyl (C=O) groups excluding carboxylic acids is 1. The maximum Gasteiger partial charge on any atom is 0.326 e. The molecule has 9 nitrogen and oxygen atoms in total. The number of hydrogen-bond donors (Lipinski definition) is 3. The van der Waals surface area contributed by atoms with Crippen molar-refractivity contribution >= 4 is 17.8 Å². The van der Waals surface area contributed by atoms with Gasteiger partial charge in [-0.15, -0.1) is 0 Å². The zero-order chi connectivity index (χ0) is 28.4. The van der Waals surface area contributed by atoms with Crippen molar-refractivity contribution in [1.82, 2.24) is 4.90 Å². The molecule has 1 heterocycles. The first-order chi connectivity index (χ1) is 18.0. The van der Waals surface area contributed by atoms with Crippen LogP contribution in [0.1, 0.15) is 82.1 Å². The first-order valence-corrected chi connectivity index (χ1v) is 12.7. The van der Waals surface area contributed by atoms with Gasteiger partial charge in [0.2, 0.25) is 5.75 Å². The summed E-state index contributed by atoms with van der Waals surface area (Å²) in [6.45, 7) is 8.34. The number of ether oxygens (including phenoxy) is 2. The number of fused-ring (bicyclic) bond motifs is 1. The smallest absolute Gasteiger partial charge is 0.326 e. The highest BCUT2D eigenvalue weighted by molar-refractivity contribution is 6.02. The van der Waals surface area contributed by atoms with Gasteiger partial charge in [0.25, 0.3) is 5.91 Å². The Hall–Kier alpha value is -3.75. The van der Waals surface area contributed by atoms with Crippen LogP contribution in [-0.2, 0) is 16.1 Å². The van der Waals surface area contributed by atoms with Gasteiger partial charge in [0.15, 0.2) is 11.5 Å². The maximum absolute atomic E-state index is 12.9. The van der Waals surface area contributed by atoms with Crippen molar-refractivity contribution in [3.63, 3.8) is 0 Å². The minimum Gasteiger partial charge on any atom is -0.504 e. The molecule has 1 atom stereocenters. The van der Waals surface area contributed by atoms with Crippen LogP contribution in [0, 0.1) is 0 Å². The summed E-state index contributed by atoms with van der Waals surface area (Å²) in [6, 6.07) is 0.0820. The lowest BCUT2D eigenvalue weighted by atomic mass is 10.1. The first-order valence-electron chi connectivity index (χ1n) is 12.7. The largest absolute Gasteiger partial charge is 0.504 e. The van der Waals surface area contributed by atoms with E-state index in [2.05, 4.69) is 32.9 Å². The number of hydrogen-bond acceptors (Lipinski definition) is 6. The molecule has 1 amide bonds. The summed E-state index contributed by atoms with van der Waals surface area (Å²) in [5.41, 5.74) is 4.14. The summed E-state index contributed by atoms with van der Waals surface area (Å²) < 4.78 is 11.2. The van der Waals surface area contributed by atoms with E-state index in [4.69, 9.17) is 14.6 Å². The van der Waals surface area contributed by atoms with Crippen LogP contribution in [0.2, 0.25) is 0 Å². The number of aromatic hydroxyl groups is 1. The lowest BCUT2D eigenvalue weighted by Crippen LogP contribution is -2.41. The Morgan fingerprint density at radius 2 is 1.66 bits per heavy atom. The standard InChI is InChI=1S/C29H39NO8/c1-18(2)8-6-9-19(3)10-7-11-20(4)14-15-38-27-24(37-5)16-21-22(26(27)33)17-30(28(21)34)23(29(35)36)12-13-25(31)32/h8,10,14,16,23,33H,6-7,9,11-13,15,17H2,1-5H3,(H,31,32)(H,35,36)/t23-/m0/s1. The number of phenols is 1. The number of nitrogens with zero attached hydrogens (tertiary/aromatic N) is 1. The molecule has 0 saturated heterocycles. The van der Waals surface area contributed by atoms with Gasteiger partial charge in [-0.1, -0.05) is 28.9 Å². The molecule has 0 radical (unpaired) electrons. The molecule has 0 saturated carbocycles. The highest BCUT2D eigenvalue weighted by Gasteiger charge is 2.39. The first kappa shape index (κ1) is 30.5. The average molecular weight is 530 g/mol. The summed E-state index contributed by atoms with van der Waals surface area (Å²) in [5, 5.41) is 29.4. The molecule has 0 spiro atoms. The highest BCUT2D eigenvalue weighted by atomic mass is 16.5. The molecule has 3 N–H and O–H groups in total. The molecule has 1 aliphatic heterocycles. The molecule has 0 unspecified atom stereocenters. The fraction of sp³-hybridized carbons (Fsp3) is 0.483. The van der Waals surface area contributed by atoms with Gasteiger partial charge in [0.05, 0.1) is 19.2 Å². The summed E-state index contributed by atoms with van der Waals surface area (Å²) in [6.07, 6.45) is 9.62. The number of benzene rings is 1. The van der Waals surface area contributed by atoms with Crippen molar-refractivity contribution < 1.29 is 39.2 Å². The second-order valence-corrected chi connectivity index (χ2v) is 9.77. The molecule has 1 aromatic rings. The van der Waals surface area contributed by atoms with E-state index in [1.807, 2.05) is 13.0 Å². The van der Waals surface area contributed by atoms with Gasteiger partial charge >= 0.3 is 11.9 Å². The molecule has 0 aliphatic carbocycles. The molecule has 1 aliphatic rings. The molecule has 0 fully saturated rings. The van der Waals surface area contributed by atoms with E-state index in [0.717, 1.165) is 36.2 Å². The van der Waals surface area contributed by atoms with Crippen LogP contribution in [0.15, 0.2) is 41.0 Å². The van der Waals surface area contributed by atoms with Crippen molar-refractivity contribution in [2.45, 2.75) is 78.8 Å². The normalized spacial score (nSPS) is 14.2. The van der Waals surface area contributed by atoms with Gasteiger partial charge in [-0.25, -0.2) is 4.79 Å². The molecule has 2 rings (SSSR count).